The van der Waals surface area contributed by atoms with Gasteiger partial charge in [0.2, 0.25) is 5.91 Å². The van der Waals surface area contributed by atoms with Crippen molar-refractivity contribution < 1.29 is 13.6 Å². The van der Waals surface area contributed by atoms with E-state index in [1.807, 2.05) is 0 Å². The zero-order valence-corrected chi connectivity index (χ0v) is 12.2. The molecule has 0 atom stereocenters. The summed E-state index contributed by atoms with van der Waals surface area (Å²) >= 11 is 3.05. The first-order chi connectivity index (χ1) is 8.99. The summed E-state index contributed by atoms with van der Waals surface area (Å²) in [4.78, 5) is 15.2. The smallest absolute Gasteiger partial charge is 0.236 e. The molecular formula is C13H15BrF2N2O. The Balaban J connectivity index is 2.17. The third kappa shape index (κ3) is 3.30. The third-order valence-corrected chi connectivity index (χ3v) is 3.89. The van der Waals surface area contributed by atoms with Gasteiger partial charge in [-0.05, 0) is 34.5 Å². The predicted molar refractivity (Wildman–Crippen MR) is 71.6 cm³/mol. The van der Waals surface area contributed by atoms with Crippen LogP contribution in [0.4, 0.5) is 8.78 Å². The van der Waals surface area contributed by atoms with Gasteiger partial charge < -0.3 is 4.90 Å². The first-order valence-corrected chi connectivity index (χ1v) is 6.87. The second-order valence-corrected chi connectivity index (χ2v) is 5.56. The van der Waals surface area contributed by atoms with Gasteiger partial charge in [0.1, 0.15) is 11.6 Å². The van der Waals surface area contributed by atoms with Gasteiger partial charge in [0.05, 0.1) is 11.0 Å². The average molecular weight is 333 g/mol. The molecule has 6 heteroatoms. The van der Waals surface area contributed by atoms with E-state index in [1.165, 1.54) is 12.1 Å². The summed E-state index contributed by atoms with van der Waals surface area (Å²) < 4.78 is 27.8. The van der Waals surface area contributed by atoms with Crippen LogP contribution >= 0.6 is 15.9 Å². The van der Waals surface area contributed by atoms with Gasteiger partial charge in [-0.3, -0.25) is 9.69 Å². The maximum absolute atomic E-state index is 13.9. The molecule has 2 rings (SSSR count). The third-order valence-electron chi connectivity index (χ3n) is 3.27. The maximum Gasteiger partial charge on any atom is 0.236 e. The Kier molecular flexibility index (Phi) is 4.52. The zero-order valence-electron chi connectivity index (χ0n) is 10.6. The lowest BCUT2D eigenvalue weighted by molar-refractivity contribution is -0.130. The highest BCUT2D eigenvalue weighted by Crippen LogP contribution is 2.23. The molecule has 0 aromatic heterocycles. The fraction of sp³-hybridized carbons (Fsp3) is 0.462. The summed E-state index contributed by atoms with van der Waals surface area (Å²) in [5.41, 5.74) is 0.00623. The van der Waals surface area contributed by atoms with Crippen molar-refractivity contribution >= 4 is 21.8 Å². The summed E-state index contributed by atoms with van der Waals surface area (Å²) in [5.74, 6) is -1.19. The average Bonchev–Trinajstić information content (AvgIpc) is 2.53. The van der Waals surface area contributed by atoms with Crippen LogP contribution in [0, 0.1) is 11.6 Å². The van der Waals surface area contributed by atoms with Crippen molar-refractivity contribution in [3.8, 4) is 0 Å². The van der Waals surface area contributed by atoms with Gasteiger partial charge in [0.15, 0.2) is 0 Å². The van der Waals surface area contributed by atoms with E-state index in [9.17, 15) is 13.6 Å². The Bertz CT molecular complexity index is 496. The number of nitrogens with zero attached hydrogens (tertiary/aromatic N) is 2. The Morgan fingerprint density at radius 2 is 2.05 bits per heavy atom. The molecule has 0 saturated carbocycles. The number of carbonyl (C=O) groups is 1. The highest BCUT2D eigenvalue weighted by molar-refractivity contribution is 9.10. The summed E-state index contributed by atoms with van der Waals surface area (Å²) in [6.45, 7) is 1.64. The van der Waals surface area contributed by atoms with Crippen molar-refractivity contribution in [2.24, 2.45) is 0 Å². The molecule has 1 amide bonds. The van der Waals surface area contributed by atoms with Crippen molar-refractivity contribution in [3.05, 3.63) is 33.8 Å². The van der Waals surface area contributed by atoms with Crippen LogP contribution in [0.15, 0.2) is 16.6 Å². The monoisotopic (exact) mass is 332 g/mol. The molecule has 1 aliphatic heterocycles. The molecule has 1 aromatic carbocycles. The van der Waals surface area contributed by atoms with E-state index in [0.717, 1.165) is 6.42 Å². The van der Waals surface area contributed by atoms with E-state index >= 15 is 0 Å². The molecule has 1 aliphatic rings. The van der Waals surface area contributed by atoms with E-state index in [4.69, 9.17) is 0 Å². The van der Waals surface area contributed by atoms with E-state index in [1.54, 1.807) is 16.8 Å². The van der Waals surface area contributed by atoms with Crippen LogP contribution in [-0.2, 0) is 11.3 Å². The Hall–Kier alpha value is -1.01. The van der Waals surface area contributed by atoms with Gasteiger partial charge in [-0.15, -0.1) is 0 Å². The van der Waals surface area contributed by atoms with E-state index in [2.05, 4.69) is 15.9 Å². The molecule has 0 aliphatic carbocycles. The lowest BCUT2D eigenvalue weighted by Crippen LogP contribution is -2.34. The van der Waals surface area contributed by atoms with Crippen LogP contribution in [-0.4, -0.2) is 42.4 Å². The fourth-order valence-corrected chi connectivity index (χ4v) is 2.49. The molecule has 104 valence electrons. The van der Waals surface area contributed by atoms with E-state index in [0.29, 0.717) is 13.1 Å². The number of rotatable bonds is 2. The van der Waals surface area contributed by atoms with Gasteiger partial charge in [0, 0.05) is 32.2 Å². The molecule has 0 radical (unpaired) electrons. The number of hydrogen-bond donors (Lipinski definition) is 0. The second-order valence-electron chi connectivity index (χ2n) is 4.70. The lowest BCUT2D eigenvalue weighted by Gasteiger charge is -2.20. The van der Waals surface area contributed by atoms with E-state index < -0.39 is 11.6 Å². The van der Waals surface area contributed by atoms with Crippen molar-refractivity contribution in [3.63, 3.8) is 0 Å². The quantitative estimate of drug-likeness (QED) is 0.776. The summed E-state index contributed by atoms with van der Waals surface area (Å²) in [6, 6.07) is 2.57. The van der Waals surface area contributed by atoms with Crippen molar-refractivity contribution in [1.82, 2.24) is 9.80 Å². The molecule has 0 N–H and O–H groups in total. The number of carbonyl (C=O) groups excluding carboxylic acids is 1. The predicted octanol–water partition coefficient (Wildman–Crippen LogP) is 2.39. The molecule has 3 nitrogen and oxygen atoms in total. The molecule has 1 aromatic rings. The standard InChI is InChI=1S/C13H15BrF2N2O/c1-17-5-2-6-18(8-12(17)19)7-9-11(15)4-3-10(14)13(9)16/h3-4H,2,5-8H2,1H3. The van der Waals surface area contributed by atoms with Crippen LogP contribution in [0.2, 0.25) is 0 Å². The number of halogens is 3. The normalized spacial score (nSPS) is 17.7. The minimum absolute atomic E-state index is 0.00623. The topological polar surface area (TPSA) is 23.6 Å². The molecular weight excluding hydrogens is 318 g/mol. The molecule has 1 saturated heterocycles. The fourth-order valence-electron chi connectivity index (χ4n) is 2.12. The molecule has 0 bridgehead atoms. The van der Waals surface area contributed by atoms with Crippen molar-refractivity contribution in [2.75, 3.05) is 26.7 Å². The number of amides is 1. The highest BCUT2D eigenvalue weighted by Gasteiger charge is 2.22. The molecule has 1 fully saturated rings. The summed E-state index contributed by atoms with van der Waals surface area (Å²) in [6.07, 6.45) is 0.805. The van der Waals surface area contributed by atoms with Crippen LogP contribution < -0.4 is 0 Å². The zero-order chi connectivity index (χ0) is 14.0. The number of likely N-dealkylation sites (N-methyl/N-ethyl adjacent to an activating group) is 1. The lowest BCUT2D eigenvalue weighted by atomic mass is 10.2. The van der Waals surface area contributed by atoms with Gasteiger partial charge in [-0.1, -0.05) is 0 Å². The minimum atomic E-state index is -0.593. The minimum Gasteiger partial charge on any atom is -0.345 e. The summed E-state index contributed by atoms with van der Waals surface area (Å²) in [7, 11) is 1.74. The molecule has 19 heavy (non-hydrogen) atoms. The largest absolute Gasteiger partial charge is 0.345 e. The SMILES string of the molecule is CN1CCCN(Cc2c(F)ccc(Br)c2F)CC1=O. The Morgan fingerprint density at radius 3 is 2.79 bits per heavy atom. The van der Waals surface area contributed by atoms with Crippen LogP contribution in [0.5, 0.6) is 0 Å². The number of hydrogen-bond acceptors (Lipinski definition) is 2. The van der Waals surface area contributed by atoms with Crippen molar-refractivity contribution in [2.45, 2.75) is 13.0 Å². The molecule has 1 heterocycles. The maximum atomic E-state index is 13.9. The summed E-state index contributed by atoms with van der Waals surface area (Å²) in [5, 5.41) is 0. The van der Waals surface area contributed by atoms with Crippen molar-refractivity contribution in [1.29, 1.82) is 0 Å². The van der Waals surface area contributed by atoms with Gasteiger partial charge in [0.25, 0.3) is 0 Å². The van der Waals surface area contributed by atoms with Crippen LogP contribution in [0.1, 0.15) is 12.0 Å². The van der Waals surface area contributed by atoms with Crippen LogP contribution in [0.3, 0.4) is 0 Å². The Labute approximate surface area is 119 Å². The molecule has 0 unspecified atom stereocenters. The van der Waals surface area contributed by atoms with Crippen LogP contribution in [0.25, 0.3) is 0 Å². The number of benzene rings is 1. The van der Waals surface area contributed by atoms with Gasteiger partial charge in [-0.2, -0.15) is 0 Å². The second kappa shape index (κ2) is 5.96. The first-order valence-electron chi connectivity index (χ1n) is 6.07. The van der Waals surface area contributed by atoms with Gasteiger partial charge >= 0.3 is 0 Å². The van der Waals surface area contributed by atoms with E-state index in [-0.39, 0.29) is 29.0 Å². The van der Waals surface area contributed by atoms with Gasteiger partial charge in [-0.25, -0.2) is 8.78 Å². The highest BCUT2D eigenvalue weighted by atomic mass is 79.9. The first kappa shape index (κ1) is 14.4. The molecule has 0 spiro atoms. The Morgan fingerprint density at radius 1 is 1.32 bits per heavy atom.